The highest BCUT2D eigenvalue weighted by Crippen LogP contribution is 2.24. The standard InChI is InChI=1S/C30H40O8/c1-37-25-19-23(31)27(33)21(29(25)35)17-15-13-11-9-7-5-3-4-6-8-10-12-14-16-18-22-28(34)24(32)20-26(38-2)30(22)36/h3-4,19-20,33-34H,5-18H2,1-2H3/b4-3+. The molecular weight excluding hydrogens is 488 g/mol. The number of carbonyl (C=O) groups excluding carboxylic acids is 4. The predicted molar refractivity (Wildman–Crippen MR) is 143 cm³/mol. The van der Waals surface area contributed by atoms with E-state index in [9.17, 15) is 29.4 Å². The molecule has 208 valence electrons. The van der Waals surface area contributed by atoms with Crippen molar-refractivity contribution in [3.8, 4) is 0 Å². The number of aliphatic hydroxyl groups is 2. The fourth-order valence-corrected chi connectivity index (χ4v) is 4.51. The van der Waals surface area contributed by atoms with Crippen LogP contribution < -0.4 is 0 Å². The predicted octanol–water partition coefficient (Wildman–Crippen LogP) is 5.99. The van der Waals surface area contributed by atoms with E-state index in [4.69, 9.17) is 9.47 Å². The van der Waals surface area contributed by atoms with Crippen LogP contribution >= 0.6 is 0 Å². The van der Waals surface area contributed by atoms with Crippen molar-refractivity contribution >= 4 is 23.1 Å². The van der Waals surface area contributed by atoms with Crippen LogP contribution in [0.15, 0.2) is 58.5 Å². The van der Waals surface area contributed by atoms with Gasteiger partial charge in [-0.2, -0.15) is 0 Å². The van der Waals surface area contributed by atoms with E-state index in [1.165, 1.54) is 14.2 Å². The van der Waals surface area contributed by atoms with Crippen LogP contribution in [0.1, 0.15) is 89.9 Å². The molecule has 0 aromatic rings. The first-order valence-corrected chi connectivity index (χ1v) is 13.5. The number of Topliss-reactive ketones (excluding diaryl/α,β-unsaturated/α-hetero) is 2. The lowest BCUT2D eigenvalue weighted by Gasteiger charge is -2.14. The third-order valence-electron chi connectivity index (χ3n) is 6.76. The maximum absolute atomic E-state index is 12.2. The number of aliphatic hydroxyl groups excluding tert-OH is 2. The van der Waals surface area contributed by atoms with Gasteiger partial charge < -0.3 is 19.7 Å². The van der Waals surface area contributed by atoms with E-state index in [2.05, 4.69) is 12.2 Å². The van der Waals surface area contributed by atoms with Gasteiger partial charge in [0.2, 0.25) is 23.1 Å². The van der Waals surface area contributed by atoms with Gasteiger partial charge in [0.15, 0.2) is 23.0 Å². The molecule has 38 heavy (non-hydrogen) atoms. The molecule has 0 bridgehead atoms. The molecule has 0 radical (unpaired) electrons. The summed E-state index contributed by atoms with van der Waals surface area (Å²) in [4.78, 5) is 47.8. The number of rotatable bonds is 18. The number of carbonyl (C=O) groups is 4. The number of hydrogen-bond donors (Lipinski definition) is 2. The molecular formula is C30H40O8. The first kappa shape index (κ1) is 30.8. The zero-order valence-corrected chi connectivity index (χ0v) is 22.6. The van der Waals surface area contributed by atoms with E-state index in [0.29, 0.717) is 12.8 Å². The summed E-state index contributed by atoms with van der Waals surface area (Å²) in [6.45, 7) is 0. The fraction of sp³-hybridized carbons (Fsp3) is 0.533. The summed E-state index contributed by atoms with van der Waals surface area (Å²) >= 11 is 0. The second-order valence-electron chi connectivity index (χ2n) is 9.55. The quantitative estimate of drug-likeness (QED) is 0.126. The highest BCUT2D eigenvalue weighted by atomic mass is 16.5. The largest absolute Gasteiger partial charge is 0.504 e. The molecule has 2 aliphatic carbocycles. The highest BCUT2D eigenvalue weighted by molar-refractivity contribution is 6.21. The van der Waals surface area contributed by atoms with Gasteiger partial charge in [-0.25, -0.2) is 0 Å². The Morgan fingerprint density at radius 3 is 1.29 bits per heavy atom. The van der Waals surface area contributed by atoms with Crippen LogP contribution in [0.2, 0.25) is 0 Å². The van der Waals surface area contributed by atoms with Gasteiger partial charge in [-0.3, -0.25) is 19.2 Å². The van der Waals surface area contributed by atoms with Crippen LogP contribution in [0.4, 0.5) is 0 Å². The maximum Gasteiger partial charge on any atom is 0.227 e. The Morgan fingerprint density at radius 1 is 0.579 bits per heavy atom. The lowest BCUT2D eigenvalue weighted by molar-refractivity contribution is -0.119. The van der Waals surface area contributed by atoms with Crippen LogP contribution in [-0.4, -0.2) is 47.6 Å². The van der Waals surface area contributed by atoms with Crippen molar-refractivity contribution in [1.29, 1.82) is 0 Å². The molecule has 2 N–H and O–H groups in total. The number of ketones is 4. The van der Waals surface area contributed by atoms with E-state index >= 15 is 0 Å². The Bertz CT molecular complexity index is 956. The molecule has 0 atom stereocenters. The van der Waals surface area contributed by atoms with Gasteiger partial charge in [-0.1, -0.05) is 50.7 Å². The normalized spacial score (nSPS) is 16.5. The summed E-state index contributed by atoms with van der Waals surface area (Å²) in [7, 11) is 2.67. The van der Waals surface area contributed by atoms with Crippen LogP contribution in [0.25, 0.3) is 0 Å². The Balaban J connectivity index is 1.45. The molecule has 0 spiro atoms. The van der Waals surface area contributed by atoms with Crippen molar-refractivity contribution in [2.24, 2.45) is 0 Å². The second-order valence-corrected chi connectivity index (χ2v) is 9.55. The zero-order chi connectivity index (χ0) is 27.9. The van der Waals surface area contributed by atoms with Crippen molar-refractivity contribution in [2.75, 3.05) is 14.2 Å². The maximum atomic E-state index is 12.2. The van der Waals surface area contributed by atoms with Crippen LogP contribution in [0, 0.1) is 0 Å². The van der Waals surface area contributed by atoms with Gasteiger partial charge in [0, 0.05) is 23.3 Å². The second kappa shape index (κ2) is 16.4. The molecule has 8 nitrogen and oxygen atoms in total. The SMILES string of the molecule is COC1=CC(=O)C(O)=C(CCCCCCC/C=C/CCCCCCCC2=C(O)C(=O)C=C(OC)C2=O)C1=O. The van der Waals surface area contributed by atoms with Gasteiger partial charge in [0.05, 0.1) is 14.2 Å². The minimum Gasteiger partial charge on any atom is -0.504 e. The minimum atomic E-state index is -0.576. The third-order valence-corrected chi connectivity index (χ3v) is 6.76. The van der Waals surface area contributed by atoms with Gasteiger partial charge in [0.1, 0.15) is 0 Å². The van der Waals surface area contributed by atoms with Crippen molar-refractivity contribution in [1.82, 2.24) is 0 Å². The lowest BCUT2D eigenvalue weighted by atomic mass is 9.94. The van der Waals surface area contributed by atoms with Crippen LogP contribution in [0.3, 0.4) is 0 Å². The minimum absolute atomic E-state index is 0.0149. The molecule has 0 aliphatic heterocycles. The molecule has 0 amide bonds. The lowest BCUT2D eigenvalue weighted by Crippen LogP contribution is -2.20. The van der Waals surface area contributed by atoms with Crippen LogP contribution in [-0.2, 0) is 28.7 Å². The fourth-order valence-electron chi connectivity index (χ4n) is 4.51. The summed E-state index contributed by atoms with van der Waals surface area (Å²) in [5.41, 5.74) is 0.311. The summed E-state index contributed by atoms with van der Waals surface area (Å²) in [5, 5.41) is 19.8. The molecule has 0 saturated heterocycles. The molecule has 0 fully saturated rings. The monoisotopic (exact) mass is 528 g/mol. The Kier molecular flexibility index (Phi) is 13.3. The summed E-state index contributed by atoms with van der Waals surface area (Å²) in [5.74, 6) is -2.89. The molecule has 0 heterocycles. The highest BCUT2D eigenvalue weighted by Gasteiger charge is 2.29. The van der Waals surface area contributed by atoms with E-state index in [0.717, 1.165) is 89.2 Å². The molecule has 0 aromatic heterocycles. The van der Waals surface area contributed by atoms with Gasteiger partial charge in [-0.15, -0.1) is 0 Å². The number of ether oxygens (including phenoxy) is 2. The van der Waals surface area contributed by atoms with Gasteiger partial charge in [0.25, 0.3) is 0 Å². The van der Waals surface area contributed by atoms with E-state index < -0.39 is 34.7 Å². The molecule has 8 heteroatoms. The third kappa shape index (κ3) is 9.15. The Labute approximate surface area is 224 Å². The zero-order valence-electron chi connectivity index (χ0n) is 22.6. The molecule has 2 aliphatic rings. The van der Waals surface area contributed by atoms with Crippen molar-refractivity contribution < 1.29 is 38.9 Å². The average molecular weight is 529 g/mol. The first-order valence-electron chi connectivity index (χ1n) is 13.5. The van der Waals surface area contributed by atoms with Crippen molar-refractivity contribution in [2.45, 2.75) is 89.9 Å². The molecule has 2 rings (SSSR count). The number of hydrogen-bond acceptors (Lipinski definition) is 8. The van der Waals surface area contributed by atoms with Gasteiger partial charge in [-0.05, 0) is 51.4 Å². The summed E-state index contributed by atoms with van der Waals surface area (Å²) in [6.07, 6.45) is 19.1. The smallest absolute Gasteiger partial charge is 0.227 e. The molecule has 0 saturated carbocycles. The van der Waals surface area contributed by atoms with Crippen LogP contribution in [0.5, 0.6) is 0 Å². The molecule has 0 unspecified atom stereocenters. The summed E-state index contributed by atoms with van der Waals surface area (Å²) < 4.78 is 9.85. The topological polar surface area (TPSA) is 127 Å². The van der Waals surface area contributed by atoms with E-state index in [1.54, 1.807) is 0 Å². The number of unbranched alkanes of at least 4 members (excludes halogenated alkanes) is 10. The van der Waals surface area contributed by atoms with Gasteiger partial charge >= 0.3 is 0 Å². The Morgan fingerprint density at radius 2 is 0.921 bits per heavy atom. The summed E-state index contributed by atoms with van der Waals surface area (Å²) in [6, 6.07) is 0. The molecule has 0 aromatic carbocycles. The average Bonchev–Trinajstić information content (AvgIpc) is 2.91. The van der Waals surface area contributed by atoms with Crippen molar-refractivity contribution in [3.05, 3.63) is 58.5 Å². The number of allylic oxidation sites excluding steroid dienone is 6. The Hall–Kier alpha value is -3.42. The van der Waals surface area contributed by atoms with Crippen molar-refractivity contribution in [3.63, 3.8) is 0 Å². The first-order chi connectivity index (χ1) is 18.3. The van der Waals surface area contributed by atoms with E-state index in [-0.39, 0.29) is 22.7 Å². The van der Waals surface area contributed by atoms with E-state index in [1.807, 2.05) is 0 Å². The number of methoxy groups -OCH3 is 2.